The molecular formula is C20H21N3O2S2. The standard InChI is InChI=1S/C20H21N3O2S2/c1-12(13-7-3-2-4-8-13)21-16(24)11-26-20-22-18(25)17-14-9-5-6-10-15(14)27-19(17)23-20/h2-4,7-8,12H,5-6,9-11H2,1H3,(H,21,24)(H,22,23,25)/t12-/m1/s1. The topological polar surface area (TPSA) is 74.8 Å². The number of hydrogen-bond acceptors (Lipinski definition) is 5. The van der Waals surface area contributed by atoms with E-state index in [1.165, 1.54) is 28.6 Å². The van der Waals surface area contributed by atoms with Crippen molar-refractivity contribution in [3.63, 3.8) is 0 Å². The maximum absolute atomic E-state index is 12.5. The summed E-state index contributed by atoms with van der Waals surface area (Å²) in [5.41, 5.74) is 2.16. The number of nitrogens with one attached hydrogen (secondary N) is 2. The van der Waals surface area contributed by atoms with Crippen molar-refractivity contribution < 1.29 is 4.79 Å². The molecule has 2 heterocycles. The van der Waals surface area contributed by atoms with Crippen LogP contribution in [-0.2, 0) is 17.6 Å². The molecule has 1 aliphatic carbocycles. The zero-order valence-electron chi connectivity index (χ0n) is 15.1. The number of benzene rings is 1. The average Bonchev–Trinajstić information content (AvgIpc) is 3.06. The quantitative estimate of drug-likeness (QED) is 0.505. The molecule has 0 fully saturated rings. The van der Waals surface area contributed by atoms with E-state index in [9.17, 15) is 9.59 Å². The van der Waals surface area contributed by atoms with E-state index < -0.39 is 0 Å². The average molecular weight is 400 g/mol. The molecule has 1 aliphatic rings. The summed E-state index contributed by atoms with van der Waals surface area (Å²) in [6, 6.07) is 9.79. The monoisotopic (exact) mass is 399 g/mol. The Labute approximate surface area is 165 Å². The van der Waals surface area contributed by atoms with E-state index in [2.05, 4.69) is 15.3 Å². The van der Waals surface area contributed by atoms with Gasteiger partial charge in [0, 0.05) is 4.88 Å². The molecule has 27 heavy (non-hydrogen) atoms. The van der Waals surface area contributed by atoms with Gasteiger partial charge in [-0.1, -0.05) is 42.1 Å². The number of H-pyrrole nitrogens is 1. The van der Waals surface area contributed by atoms with Gasteiger partial charge in [0.1, 0.15) is 4.83 Å². The summed E-state index contributed by atoms with van der Waals surface area (Å²) in [5, 5.41) is 4.24. The van der Waals surface area contributed by atoms with Crippen LogP contribution in [0.2, 0.25) is 0 Å². The maximum atomic E-state index is 12.5. The van der Waals surface area contributed by atoms with Crippen molar-refractivity contribution in [2.45, 2.75) is 43.8 Å². The van der Waals surface area contributed by atoms with Gasteiger partial charge in [0.25, 0.3) is 5.56 Å². The maximum Gasteiger partial charge on any atom is 0.260 e. The number of aromatic amines is 1. The number of hydrogen-bond donors (Lipinski definition) is 2. The van der Waals surface area contributed by atoms with Crippen LogP contribution in [0.25, 0.3) is 10.2 Å². The van der Waals surface area contributed by atoms with Crippen LogP contribution in [0.5, 0.6) is 0 Å². The third-order valence-corrected chi connectivity index (χ3v) is 6.88. The lowest BCUT2D eigenvalue weighted by atomic mass is 9.97. The predicted molar refractivity (Wildman–Crippen MR) is 111 cm³/mol. The Morgan fingerprint density at radius 1 is 1.30 bits per heavy atom. The van der Waals surface area contributed by atoms with Crippen LogP contribution in [0.1, 0.15) is 41.8 Å². The van der Waals surface area contributed by atoms with Crippen molar-refractivity contribution in [1.29, 1.82) is 0 Å². The summed E-state index contributed by atoms with van der Waals surface area (Å²) >= 11 is 2.89. The summed E-state index contributed by atoms with van der Waals surface area (Å²) in [4.78, 5) is 34.3. The first kappa shape index (κ1) is 18.3. The molecule has 0 spiro atoms. The van der Waals surface area contributed by atoms with E-state index in [0.29, 0.717) is 5.16 Å². The summed E-state index contributed by atoms with van der Waals surface area (Å²) in [6.07, 6.45) is 4.32. The Morgan fingerprint density at radius 3 is 2.89 bits per heavy atom. The van der Waals surface area contributed by atoms with Gasteiger partial charge in [-0.2, -0.15) is 0 Å². The Hall–Kier alpha value is -2.12. The second kappa shape index (κ2) is 7.86. The van der Waals surface area contributed by atoms with Gasteiger partial charge in [0.2, 0.25) is 5.91 Å². The highest BCUT2D eigenvalue weighted by atomic mass is 32.2. The molecule has 0 saturated heterocycles. The molecule has 1 atom stereocenters. The Kier molecular flexibility index (Phi) is 5.31. The largest absolute Gasteiger partial charge is 0.349 e. The first-order chi connectivity index (χ1) is 13.1. The number of thioether (sulfide) groups is 1. The first-order valence-corrected chi connectivity index (χ1v) is 10.9. The van der Waals surface area contributed by atoms with Gasteiger partial charge in [0.05, 0.1) is 17.2 Å². The number of amides is 1. The van der Waals surface area contributed by atoms with Crippen molar-refractivity contribution in [2.24, 2.45) is 0 Å². The van der Waals surface area contributed by atoms with Crippen molar-refractivity contribution in [3.8, 4) is 0 Å². The number of carbonyl (C=O) groups is 1. The summed E-state index contributed by atoms with van der Waals surface area (Å²) < 4.78 is 0. The molecule has 7 heteroatoms. The molecule has 3 aromatic rings. The molecule has 2 aromatic heterocycles. The van der Waals surface area contributed by atoms with Crippen LogP contribution < -0.4 is 10.9 Å². The molecule has 0 bridgehead atoms. The zero-order chi connectivity index (χ0) is 18.8. The van der Waals surface area contributed by atoms with Crippen LogP contribution in [0.3, 0.4) is 0 Å². The zero-order valence-corrected chi connectivity index (χ0v) is 16.7. The summed E-state index contributed by atoms with van der Waals surface area (Å²) in [6.45, 7) is 1.96. The molecule has 140 valence electrons. The van der Waals surface area contributed by atoms with E-state index in [1.807, 2.05) is 37.3 Å². The number of rotatable bonds is 5. The molecule has 1 amide bonds. The second-order valence-electron chi connectivity index (χ2n) is 6.75. The van der Waals surface area contributed by atoms with Crippen molar-refractivity contribution in [3.05, 3.63) is 56.7 Å². The van der Waals surface area contributed by atoms with E-state index in [4.69, 9.17) is 0 Å². The van der Waals surface area contributed by atoms with Crippen molar-refractivity contribution in [1.82, 2.24) is 15.3 Å². The summed E-state index contributed by atoms with van der Waals surface area (Å²) in [5.74, 6) is 0.140. The lowest BCUT2D eigenvalue weighted by molar-refractivity contribution is -0.119. The Morgan fingerprint density at radius 2 is 2.07 bits per heavy atom. The predicted octanol–water partition coefficient (Wildman–Crippen LogP) is 3.83. The fourth-order valence-corrected chi connectivity index (χ4v) is 5.45. The lowest BCUT2D eigenvalue weighted by Crippen LogP contribution is -2.28. The molecular weight excluding hydrogens is 378 g/mol. The molecule has 0 aliphatic heterocycles. The second-order valence-corrected chi connectivity index (χ2v) is 8.80. The highest BCUT2D eigenvalue weighted by molar-refractivity contribution is 7.99. The van der Waals surface area contributed by atoms with Crippen molar-refractivity contribution >= 4 is 39.2 Å². The number of aryl methyl sites for hydroxylation is 2. The highest BCUT2D eigenvalue weighted by Crippen LogP contribution is 2.34. The highest BCUT2D eigenvalue weighted by Gasteiger charge is 2.20. The third-order valence-electron chi connectivity index (χ3n) is 4.82. The molecule has 5 nitrogen and oxygen atoms in total. The minimum atomic E-state index is -0.0834. The summed E-state index contributed by atoms with van der Waals surface area (Å²) in [7, 11) is 0. The van der Waals surface area contributed by atoms with Gasteiger partial charge in [0.15, 0.2) is 5.16 Å². The van der Waals surface area contributed by atoms with Crippen molar-refractivity contribution in [2.75, 3.05) is 5.75 Å². The molecule has 4 rings (SSSR count). The third kappa shape index (κ3) is 3.94. The molecule has 0 unspecified atom stereocenters. The van der Waals surface area contributed by atoms with Gasteiger partial charge in [-0.15, -0.1) is 11.3 Å². The minimum Gasteiger partial charge on any atom is -0.349 e. The Bertz CT molecular complexity index is 1030. The molecule has 0 radical (unpaired) electrons. The van der Waals surface area contributed by atoms with Gasteiger partial charge in [-0.3, -0.25) is 9.59 Å². The van der Waals surface area contributed by atoms with Crippen LogP contribution in [-0.4, -0.2) is 21.6 Å². The number of carbonyl (C=O) groups excluding carboxylic acids is 1. The van der Waals surface area contributed by atoms with E-state index in [0.717, 1.165) is 35.0 Å². The molecule has 0 saturated carbocycles. The van der Waals surface area contributed by atoms with Crippen LogP contribution >= 0.6 is 23.1 Å². The molecule has 1 aromatic carbocycles. The number of thiophene rings is 1. The number of aromatic nitrogens is 2. The Balaban J connectivity index is 1.44. The van der Waals surface area contributed by atoms with Gasteiger partial charge in [-0.25, -0.2) is 4.98 Å². The van der Waals surface area contributed by atoms with Crippen LogP contribution in [0, 0.1) is 0 Å². The fraction of sp³-hybridized carbons (Fsp3) is 0.350. The van der Waals surface area contributed by atoms with E-state index in [-0.39, 0.29) is 23.3 Å². The fourth-order valence-electron chi connectivity index (χ4n) is 3.45. The van der Waals surface area contributed by atoms with E-state index >= 15 is 0 Å². The van der Waals surface area contributed by atoms with Gasteiger partial charge < -0.3 is 10.3 Å². The normalized spacial score (nSPS) is 14.7. The van der Waals surface area contributed by atoms with Crippen LogP contribution in [0.4, 0.5) is 0 Å². The smallest absolute Gasteiger partial charge is 0.260 e. The first-order valence-electron chi connectivity index (χ1n) is 9.13. The SMILES string of the molecule is C[C@@H](NC(=O)CSc1nc2sc3c(c2c(=O)[nH]1)CCCC3)c1ccccc1. The van der Waals surface area contributed by atoms with Crippen LogP contribution in [0.15, 0.2) is 40.3 Å². The number of fused-ring (bicyclic) bond motifs is 3. The van der Waals surface area contributed by atoms with Gasteiger partial charge in [-0.05, 0) is 43.7 Å². The molecule has 2 N–H and O–H groups in total. The van der Waals surface area contributed by atoms with Gasteiger partial charge >= 0.3 is 0 Å². The lowest BCUT2D eigenvalue weighted by Gasteiger charge is -2.13. The number of nitrogens with zero attached hydrogens (tertiary/aromatic N) is 1. The van der Waals surface area contributed by atoms with E-state index in [1.54, 1.807) is 11.3 Å². The minimum absolute atomic E-state index is 0.0576.